The van der Waals surface area contributed by atoms with E-state index in [9.17, 15) is 9.90 Å². The summed E-state index contributed by atoms with van der Waals surface area (Å²) in [5.41, 5.74) is 0.404. The first-order valence-electron chi connectivity index (χ1n) is 6.06. The molecular weight excluding hydrogens is 250 g/mol. The molecule has 0 saturated heterocycles. The van der Waals surface area contributed by atoms with Crippen molar-refractivity contribution in [3.05, 3.63) is 23.8 Å². The number of carbonyl (C=O) groups excluding carboxylic acids is 1. The molecule has 1 aromatic carbocycles. The number of fused-ring (bicyclic) bond motifs is 1. The lowest BCUT2D eigenvalue weighted by Gasteiger charge is -2.20. The van der Waals surface area contributed by atoms with E-state index in [0.29, 0.717) is 30.3 Å². The van der Waals surface area contributed by atoms with E-state index in [1.165, 1.54) is 7.11 Å². The van der Waals surface area contributed by atoms with E-state index in [4.69, 9.17) is 14.2 Å². The lowest BCUT2D eigenvalue weighted by molar-refractivity contribution is 0.0608. The first-order chi connectivity index (χ1) is 9.22. The number of benzene rings is 1. The number of ether oxygens (including phenoxy) is 3. The van der Waals surface area contributed by atoms with Crippen LogP contribution in [0.25, 0.3) is 0 Å². The molecule has 2 N–H and O–H groups in total. The van der Waals surface area contributed by atoms with Gasteiger partial charge in [0.25, 0.3) is 5.91 Å². The van der Waals surface area contributed by atoms with Gasteiger partial charge in [0.15, 0.2) is 11.5 Å². The van der Waals surface area contributed by atoms with Crippen molar-refractivity contribution in [2.75, 3.05) is 33.5 Å². The van der Waals surface area contributed by atoms with Crippen LogP contribution in [0.5, 0.6) is 11.5 Å². The fourth-order valence-corrected chi connectivity index (χ4v) is 1.81. The number of nitrogens with one attached hydrogen (secondary N) is 1. The van der Waals surface area contributed by atoms with E-state index in [1.807, 2.05) is 0 Å². The first kappa shape index (κ1) is 13.6. The molecule has 0 bridgehead atoms. The standard InChI is InChI=1S/C13H17NO5/c1-17-8-9(15)7-14-13(16)10-3-2-4-11-12(10)19-6-5-18-11/h2-4,9,15H,5-8H2,1H3,(H,14,16). The molecule has 1 amide bonds. The highest BCUT2D eigenvalue weighted by atomic mass is 16.6. The number of aliphatic hydroxyl groups is 1. The Morgan fingerprint density at radius 2 is 2.26 bits per heavy atom. The second-order valence-electron chi connectivity index (χ2n) is 4.15. The maximum absolute atomic E-state index is 12.0. The minimum Gasteiger partial charge on any atom is -0.486 e. The predicted molar refractivity (Wildman–Crippen MR) is 67.6 cm³/mol. The fraction of sp³-hybridized carbons (Fsp3) is 0.462. The largest absolute Gasteiger partial charge is 0.486 e. The highest BCUT2D eigenvalue weighted by Gasteiger charge is 2.20. The molecule has 1 aliphatic heterocycles. The summed E-state index contributed by atoms with van der Waals surface area (Å²) >= 11 is 0. The topological polar surface area (TPSA) is 77.0 Å². The molecule has 6 heteroatoms. The summed E-state index contributed by atoms with van der Waals surface area (Å²) in [5, 5.41) is 12.1. The summed E-state index contributed by atoms with van der Waals surface area (Å²) in [6.45, 7) is 1.19. The Balaban J connectivity index is 2.03. The molecule has 0 aliphatic carbocycles. The Morgan fingerprint density at radius 3 is 3.05 bits per heavy atom. The van der Waals surface area contributed by atoms with Crippen molar-refractivity contribution in [2.24, 2.45) is 0 Å². The molecule has 1 atom stereocenters. The lowest BCUT2D eigenvalue weighted by Crippen LogP contribution is -2.34. The number of carbonyl (C=O) groups is 1. The van der Waals surface area contributed by atoms with E-state index in [1.54, 1.807) is 18.2 Å². The highest BCUT2D eigenvalue weighted by Crippen LogP contribution is 2.33. The van der Waals surface area contributed by atoms with Gasteiger partial charge in [0, 0.05) is 13.7 Å². The molecule has 6 nitrogen and oxygen atoms in total. The van der Waals surface area contributed by atoms with Crippen molar-refractivity contribution in [2.45, 2.75) is 6.10 Å². The summed E-state index contributed by atoms with van der Waals surface area (Å²) in [4.78, 5) is 12.0. The molecule has 0 aromatic heterocycles. The average Bonchev–Trinajstić information content (AvgIpc) is 2.44. The molecule has 1 aromatic rings. The van der Waals surface area contributed by atoms with Crippen molar-refractivity contribution in [3.8, 4) is 11.5 Å². The van der Waals surface area contributed by atoms with Crippen LogP contribution in [0.15, 0.2) is 18.2 Å². The first-order valence-corrected chi connectivity index (χ1v) is 6.06. The summed E-state index contributed by atoms with van der Waals surface area (Å²) in [6, 6.07) is 5.14. The van der Waals surface area contributed by atoms with Gasteiger partial charge in [-0.25, -0.2) is 0 Å². The van der Waals surface area contributed by atoms with Gasteiger partial charge in [-0.2, -0.15) is 0 Å². The van der Waals surface area contributed by atoms with Crippen LogP contribution in [-0.2, 0) is 4.74 Å². The van der Waals surface area contributed by atoms with Gasteiger partial charge in [0.1, 0.15) is 13.2 Å². The van der Waals surface area contributed by atoms with Crippen molar-refractivity contribution < 1.29 is 24.1 Å². The molecule has 0 spiro atoms. The van der Waals surface area contributed by atoms with Crippen LogP contribution < -0.4 is 14.8 Å². The van der Waals surface area contributed by atoms with Gasteiger partial charge in [0.05, 0.1) is 18.3 Å². The van der Waals surface area contributed by atoms with Gasteiger partial charge in [-0.05, 0) is 12.1 Å². The second kappa shape index (κ2) is 6.40. The Labute approximate surface area is 111 Å². The Morgan fingerprint density at radius 1 is 1.47 bits per heavy atom. The number of aliphatic hydroxyl groups excluding tert-OH is 1. The molecule has 1 unspecified atom stereocenters. The third-order valence-corrected chi connectivity index (χ3v) is 2.67. The Kier molecular flexibility index (Phi) is 4.59. The van der Waals surface area contributed by atoms with Gasteiger partial charge in [-0.1, -0.05) is 6.07 Å². The average molecular weight is 267 g/mol. The fourth-order valence-electron chi connectivity index (χ4n) is 1.81. The van der Waals surface area contributed by atoms with E-state index in [-0.39, 0.29) is 19.1 Å². The van der Waals surface area contributed by atoms with Crippen LogP contribution in [0.2, 0.25) is 0 Å². The zero-order chi connectivity index (χ0) is 13.7. The summed E-state index contributed by atoms with van der Waals surface area (Å²) in [7, 11) is 1.49. The molecule has 0 radical (unpaired) electrons. The number of amides is 1. The number of methoxy groups -OCH3 is 1. The minimum absolute atomic E-state index is 0.122. The third kappa shape index (κ3) is 3.36. The molecule has 1 heterocycles. The van der Waals surface area contributed by atoms with Gasteiger partial charge in [-0.15, -0.1) is 0 Å². The van der Waals surface area contributed by atoms with Crippen LogP contribution in [-0.4, -0.2) is 50.6 Å². The minimum atomic E-state index is -0.731. The van der Waals surface area contributed by atoms with Gasteiger partial charge in [0.2, 0.25) is 0 Å². The third-order valence-electron chi connectivity index (χ3n) is 2.67. The maximum atomic E-state index is 12.0. The Bertz CT molecular complexity index is 449. The van der Waals surface area contributed by atoms with Gasteiger partial charge < -0.3 is 24.6 Å². The maximum Gasteiger partial charge on any atom is 0.255 e. The Hall–Kier alpha value is -1.79. The SMILES string of the molecule is COCC(O)CNC(=O)c1cccc2c1OCCO2. The van der Waals surface area contributed by atoms with Crippen LogP contribution in [0.1, 0.15) is 10.4 Å². The molecular formula is C13H17NO5. The summed E-state index contributed by atoms with van der Waals surface area (Å²) in [6.07, 6.45) is -0.731. The number of para-hydroxylation sites is 1. The van der Waals surface area contributed by atoms with Crippen LogP contribution in [0.3, 0.4) is 0 Å². The highest BCUT2D eigenvalue weighted by molar-refractivity contribution is 5.97. The number of rotatable bonds is 5. The monoisotopic (exact) mass is 267 g/mol. The van der Waals surface area contributed by atoms with E-state index in [2.05, 4.69) is 5.32 Å². The predicted octanol–water partition coefficient (Wildman–Crippen LogP) is 0.195. The smallest absolute Gasteiger partial charge is 0.255 e. The van der Waals surface area contributed by atoms with Gasteiger partial charge >= 0.3 is 0 Å². The van der Waals surface area contributed by atoms with E-state index in [0.717, 1.165) is 0 Å². The van der Waals surface area contributed by atoms with Crippen LogP contribution in [0, 0.1) is 0 Å². The van der Waals surface area contributed by atoms with Gasteiger partial charge in [-0.3, -0.25) is 4.79 Å². The molecule has 1 aliphatic rings. The van der Waals surface area contributed by atoms with E-state index >= 15 is 0 Å². The van der Waals surface area contributed by atoms with Crippen LogP contribution in [0.4, 0.5) is 0 Å². The van der Waals surface area contributed by atoms with Crippen molar-refractivity contribution in [1.82, 2.24) is 5.32 Å². The quantitative estimate of drug-likeness (QED) is 0.796. The molecule has 0 fully saturated rings. The number of hydrogen-bond acceptors (Lipinski definition) is 5. The normalized spacial score (nSPS) is 14.8. The summed E-state index contributed by atoms with van der Waals surface area (Å²) < 4.78 is 15.6. The molecule has 2 rings (SSSR count). The molecule has 104 valence electrons. The van der Waals surface area contributed by atoms with Crippen molar-refractivity contribution >= 4 is 5.91 Å². The van der Waals surface area contributed by atoms with Crippen molar-refractivity contribution in [1.29, 1.82) is 0 Å². The second-order valence-corrected chi connectivity index (χ2v) is 4.15. The van der Waals surface area contributed by atoms with E-state index < -0.39 is 6.10 Å². The van der Waals surface area contributed by atoms with Crippen LogP contribution >= 0.6 is 0 Å². The summed E-state index contributed by atoms with van der Waals surface area (Å²) in [5.74, 6) is 0.710. The zero-order valence-corrected chi connectivity index (χ0v) is 10.7. The number of hydrogen-bond donors (Lipinski definition) is 2. The van der Waals surface area contributed by atoms with Crippen molar-refractivity contribution in [3.63, 3.8) is 0 Å². The lowest BCUT2D eigenvalue weighted by atomic mass is 10.1. The molecule has 0 saturated carbocycles. The molecule has 19 heavy (non-hydrogen) atoms. The zero-order valence-electron chi connectivity index (χ0n) is 10.7.